The summed E-state index contributed by atoms with van der Waals surface area (Å²) in [5.41, 5.74) is 2.26. The highest BCUT2D eigenvalue weighted by Gasteiger charge is 2.20. The highest BCUT2D eigenvalue weighted by Crippen LogP contribution is 2.19. The van der Waals surface area contributed by atoms with Gasteiger partial charge in [-0.25, -0.2) is 4.98 Å². The summed E-state index contributed by atoms with van der Waals surface area (Å²) in [6, 6.07) is 13.7. The molecular weight excluding hydrogens is 432 g/mol. The van der Waals surface area contributed by atoms with Crippen LogP contribution in [0.2, 0.25) is 0 Å². The molecule has 1 aliphatic carbocycles. The van der Waals surface area contributed by atoms with Gasteiger partial charge >= 0.3 is 0 Å². The number of rotatable bonds is 9. The molecule has 0 atom stereocenters. The lowest BCUT2D eigenvalue weighted by molar-refractivity contribution is 0.0739. The SMILES string of the molecule is CCCN(Cc1cccn1Cc1nc(C(=O)NC2CCCCC2)cs1)C(=O)c1ccccc1. The topological polar surface area (TPSA) is 67.2 Å². The van der Waals surface area contributed by atoms with Gasteiger partial charge in [-0.15, -0.1) is 11.3 Å². The van der Waals surface area contributed by atoms with Crippen LogP contribution in [0.4, 0.5) is 0 Å². The lowest BCUT2D eigenvalue weighted by Crippen LogP contribution is -2.36. The number of hydrogen-bond donors (Lipinski definition) is 1. The van der Waals surface area contributed by atoms with Crippen molar-refractivity contribution in [2.45, 2.75) is 64.6 Å². The standard InChI is InChI=1S/C26H32N4O2S/c1-2-15-30(26(32)20-10-5-3-6-11-20)17-22-14-9-16-29(22)18-24-28-23(19-33-24)25(31)27-21-12-7-4-8-13-21/h3,5-6,9-11,14,16,19,21H,2,4,7-8,12-13,15,17-18H2,1H3,(H,27,31). The van der Waals surface area contributed by atoms with Crippen LogP contribution in [0, 0.1) is 0 Å². The molecule has 1 saturated carbocycles. The van der Waals surface area contributed by atoms with E-state index in [1.54, 1.807) is 0 Å². The van der Waals surface area contributed by atoms with Crippen molar-refractivity contribution in [2.24, 2.45) is 0 Å². The minimum atomic E-state index is -0.0697. The van der Waals surface area contributed by atoms with Gasteiger partial charge in [-0.3, -0.25) is 9.59 Å². The zero-order chi connectivity index (χ0) is 23.0. The average Bonchev–Trinajstić information content (AvgIpc) is 3.49. The molecule has 4 rings (SSSR count). The zero-order valence-electron chi connectivity index (χ0n) is 19.2. The van der Waals surface area contributed by atoms with E-state index in [4.69, 9.17) is 0 Å². The third kappa shape index (κ3) is 6.11. The van der Waals surface area contributed by atoms with Gasteiger partial charge in [0.25, 0.3) is 11.8 Å². The number of hydrogen-bond acceptors (Lipinski definition) is 4. The number of thiazole rings is 1. The van der Waals surface area contributed by atoms with Crippen LogP contribution in [0.3, 0.4) is 0 Å². The van der Waals surface area contributed by atoms with Gasteiger partial charge in [-0.05, 0) is 43.5 Å². The smallest absolute Gasteiger partial charge is 0.270 e. The minimum absolute atomic E-state index is 0.0427. The Balaban J connectivity index is 1.41. The van der Waals surface area contributed by atoms with Crippen LogP contribution < -0.4 is 5.32 Å². The molecular formula is C26H32N4O2S. The monoisotopic (exact) mass is 464 g/mol. The van der Waals surface area contributed by atoms with E-state index < -0.39 is 0 Å². The maximum Gasteiger partial charge on any atom is 0.270 e. The molecule has 174 valence electrons. The first-order valence-electron chi connectivity index (χ1n) is 11.9. The van der Waals surface area contributed by atoms with Crippen molar-refractivity contribution < 1.29 is 9.59 Å². The van der Waals surface area contributed by atoms with Gasteiger partial charge in [0.05, 0.1) is 13.1 Å². The molecule has 2 amide bonds. The van der Waals surface area contributed by atoms with E-state index in [2.05, 4.69) is 21.8 Å². The Morgan fingerprint density at radius 1 is 1.12 bits per heavy atom. The van der Waals surface area contributed by atoms with Crippen LogP contribution in [0.15, 0.2) is 54.0 Å². The summed E-state index contributed by atoms with van der Waals surface area (Å²) in [5.74, 6) is -0.0270. The molecule has 0 bridgehead atoms. The molecule has 1 aromatic carbocycles. The Bertz CT molecular complexity index is 1050. The van der Waals surface area contributed by atoms with Gasteiger partial charge < -0.3 is 14.8 Å². The summed E-state index contributed by atoms with van der Waals surface area (Å²) >= 11 is 1.51. The fourth-order valence-electron chi connectivity index (χ4n) is 4.37. The summed E-state index contributed by atoms with van der Waals surface area (Å²) < 4.78 is 2.11. The van der Waals surface area contributed by atoms with Gasteiger partial charge in [0.2, 0.25) is 0 Å². The Hall–Kier alpha value is -2.93. The number of carbonyl (C=O) groups is 2. The Labute approximate surface area is 199 Å². The zero-order valence-corrected chi connectivity index (χ0v) is 20.0. The average molecular weight is 465 g/mol. The molecule has 0 radical (unpaired) electrons. The van der Waals surface area contributed by atoms with Gasteiger partial charge in [-0.2, -0.15) is 0 Å². The molecule has 6 nitrogen and oxygen atoms in total. The number of benzene rings is 1. The van der Waals surface area contributed by atoms with Gasteiger partial charge in [0, 0.05) is 35.4 Å². The lowest BCUT2D eigenvalue weighted by Gasteiger charge is -2.23. The van der Waals surface area contributed by atoms with Crippen LogP contribution in [-0.2, 0) is 13.1 Å². The van der Waals surface area contributed by atoms with E-state index in [-0.39, 0.29) is 17.9 Å². The molecule has 0 saturated heterocycles. The van der Waals surface area contributed by atoms with Crippen LogP contribution in [0.5, 0.6) is 0 Å². The van der Waals surface area contributed by atoms with E-state index >= 15 is 0 Å². The van der Waals surface area contributed by atoms with Crippen LogP contribution in [0.25, 0.3) is 0 Å². The summed E-state index contributed by atoms with van der Waals surface area (Å²) in [6.45, 7) is 3.90. The fourth-order valence-corrected chi connectivity index (χ4v) is 5.14. The molecule has 1 aliphatic rings. The largest absolute Gasteiger partial charge is 0.348 e. The predicted molar refractivity (Wildman–Crippen MR) is 131 cm³/mol. The molecule has 33 heavy (non-hydrogen) atoms. The third-order valence-corrected chi connectivity index (χ3v) is 6.94. The Morgan fingerprint density at radius 2 is 1.91 bits per heavy atom. The number of aromatic nitrogens is 2. The second-order valence-corrected chi connectivity index (χ2v) is 9.60. The number of carbonyl (C=O) groups excluding carboxylic acids is 2. The maximum atomic E-state index is 13.0. The molecule has 0 unspecified atom stereocenters. The summed E-state index contributed by atoms with van der Waals surface area (Å²) in [7, 11) is 0. The van der Waals surface area contributed by atoms with Crippen LogP contribution in [0.1, 0.15) is 77.0 Å². The second kappa shape index (κ2) is 11.3. The first kappa shape index (κ1) is 23.2. The molecule has 0 aliphatic heterocycles. The second-order valence-electron chi connectivity index (χ2n) is 8.66. The lowest BCUT2D eigenvalue weighted by atomic mass is 9.95. The molecule has 2 heterocycles. The van der Waals surface area contributed by atoms with Crippen molar-refractivity contribution in [1.82, 2.24) is 19.8 Å². The summed E-state index contributed by atoms with van der Waals surface area (Å²) in [4.78, 5) is 32.1. The number of amides is 2. The normalized spacial score (nSPS) is 14.2. The quantitative estimate of drug-likeness (QED) is 0.479. The van der Waals surface area contributed by atoms with E-state index in [0.717, 1.165) is 30.0 Å². The molecule has 1 N–H and O–H groups in total. The van der Waals surface area contributed by atoms with Crippen molar-refractivity contribution in [2.75, 3.05) is 6.54 Å². The minimum Gasteiger partial charge on any atom is -0.348 e. The fraction of sp³-hybridized carbons (Fsp3) is 0.423. The predicted octanol–water partition coefficient (Wildman–Crippen LogP) is 5.11. The van der Waals surface area contributed by atoms with Crippen molar-refractivity contribution >= 4 is 23.2 Å². The van der Waals surface area contributed by atoms with Gasteiger partial charge in [0.1, 0.15) is 10.7 Å². The molecule has 2 aromatic heterocycles. The molecule has 3 aromatic rings. The molecule has 7 heteroatoms. The van der Waals surface area contributed by atoms with Crippen LogP contribution in [-0.4, -0.2) is 38.9 Å². The van der Waals surface area contributed by atoms with Crippen molar-refractivity contribution in [3.8, 4) is 0 Å². The number of nitrogens with one attached hydrogen (secondary N) is 1. The third-order valence-electron chi connectivity index (χ3n) is 6.11. The molecule has 0 spiro atoms. The van der Waals surface area contributed by atoms with E-state index in [0.29, 0.717) is 30.9 Å². The Kier molecular flexibility index (Phi) is 7.94. The highest BCUT2D eigenvalue weighted by atomic mass is 32.1. The first-order valence-corrected chi connectivity index (χ1v) is 12.8. The van der Waals surface area contributed by atoms with Crippen molar-refractivity contribution in [3.05, 3.63) is 76.0 Å². The van der Waals surface area contributed by atoms with Gasteiger partial charge in [-0.1, -0.05) is 44.4 Å². The van der Waals surface area contributed by atoms with Crippen molar-refractivity contribution in [3.63, 3.8) is 0 Å². The van der Waals surface area contributed by atoms with E-state index in [1.165, 1.54) is 30.6 Å². The maximum absolute atomic E-state index is 13.0. The Morgan fingerprint density at radius 3 is 2.67 bits per heavy atom. The first-order chi connectivity index (χ1) is 16.1. The summed E-state index contributed by atoms with van der Waals surface area (Å²) in [5, 5.41) is 5.87. The summed E-state index contributed by atoms with van der Waals surface area (Å²) in [6.07, 6.45) is 8.66. The van der Waals surface area contributed by atoms with Crippen molar-refractivity contribution in [1.29, 1.82) is 0 Å². The highest BCUT2D eigenvalue weighted by molar-refractivity contribution is 7.09. The van der Waals surface area contributed by atoms with E-state index in [9.17, 15) is 9.59 Å². The van der Waals surface area contributed by atoms with Crippen LogP contribution >= 0.6 is 11.3 Å². The molecule has 1 fully saturated rings. The van der Waals surface area contributed by atoms with E-state index in [1.807, 2.05) is 58.9 Å². The van der Waals surface area contributed by atoms with Gasteiger partial charge in [0.15, 0.2) is 0 Å². The number of nitrogens with zero attached hydrogens (tertiary/aromatic N) is 3.